The maximum atomic E-state index is 14.2. The van der Waals surface area contributed by atoms with Crippen molar-refractivity contribution < 1.29 is 27.9 Å². The minimum absolute atomic E-state index is 0.0713. The zero-order chi connectivity index (χ0) is 36.7. The largest absolute Gasteiger partial charge is 0.390 e. The third-order valence-electron chi connectivity index (χ3n) is 10.3. The van der Waals surface area contributed by atoms with Gasteiger partial charge in [-0.1, -0.05) is 79.9 Å². The van der Waals surface area contributed by atoms with Crippen molar-refractivity contribution in [2.75, 3.05) is 19.3 Å². The molecule has 5 N–H and O–H groups in total. The van der Waals surface area contributed by atoms with Gasteiger partial charge in [-0.25, -0.2) is 13.2 Å². The summed E-state index contributed by atoms with van der Waals surface area (Å²) in [4.78, 5) is 43.0. The molecule has 1 aliphatic heterocycles. The van der Waals surface area contributed by atoms with Crippen molar-refractivity contribution in [1.29, 1.82) is 0 Å². The summed E-state index contributed by atoms with van der Waals surface area (Å²) in [5.41, 5.74) is 1.28. The van der Waals surface area contributed by atoms with E-state index in [0.717, 1.165) is 43.1 Å². The SMILES string of the molecule is CC(C)(C)NC(=O)C1C[C@@H]2CCCC[C@@H]2CN1CC(O)C(Cc1ccccc1)NC(=O)[C@@H](NC(=O)NCc1ccccc1)C(C)(C)S(C)(=O)=O. The Balaban J connectivity index is 1.58. The lowest BCUT2D eigenvalue weighted by atomic mass is 9.72. The van der Waals surface area contributed by atoms with E-state index in [1.54, 1.807) is 0 Å². The summed E-state index contributed by atoms with van der Waals surface area (Å²) in [7, 11) is -3.86. The molecular weight excluding hydrogens is 655 g/mol. The van der Waals surface area contributed by atoms with Crippen molar-refractivity contribution in [3.8, 4) is 0 Å². The number of rotatable bonds is 13. The van der Waals surface area contributed by atoms with Gasteiger partial charge in [0.2, 0.25) is 11.8 Å². The van der Waals surface area contributed by atoms with Crippen LogP contribution >= 0.6 is 0 Å². The van der Waals surface area contributed by atoms with Gasteiger partial charge >= 0.3 is 6.03 Å². The predicted molar refractivity (Wildman–Crippen MR) is 196 cm³/mol. The van der Waals surface area contributed by atoms with Crippen LogP contribution in [0.25, 0.3) is 0 Å². The zero-order valence-electron chi connectivity index (χ0n) is 30.4. The molecule has 0 spiro atoms. The van der Waals surface area contributed by atoms with Gasteiger partial charge in [0, 0.05) is 31.4 Å². The highest BCUT2D eigenvalue weighted by atomic mass is 32.2. The number of β-amino-alcohol motifs (C(OH)–C–C–N with tert-alkyl or cyclic N) is 1. The van der Waals surface area contributed by atoms with Crippen LogP contribution in [0.1, 0.15) is 77.8 Å². The molecular formula is C38H57N5O6S. The molecule has 12 heteroatoms. The molecule has 2 aliphatic rings. The number of aliphatic hydroxyl groups excluding tert-OH is 1. The smallest absolute Gasteiger partial charge is 0.315 e. The maximum absolute atomic E-state index is 14.2. The molecule has 0 bridgehead atoms. The van der Waals surface area contributed by atoms with Crippen LogP contribution in [0.3, 0.4) is 0 Å². The highest BCUT2D eigenvalue weighted by molar-refractivity contribution is 7.92. The number of sulfone groups is 1. The number of fused-ring (bicyclic) bond motifs is 1. The molecule has 2 fully saturated rings. The van der Waals surface area contributed by atoms with Crippen molar-refractivity contribution in [2.45, 2.75) is 114 Å². The monoisotopic (exact) mass is 711 g/mol. The van der Waals surface area contributed by atoms with Crippen LogP contribution in [0.15, 0.2) is 60.7 Å². The molecule has 1 aliphatic carbocycles. The molecule has 50 heavy (non-hydrogen) atoms. The molecule has 4 rings (SSSR count). The number of hydrogen-bond acceptors (Lipinski definition) is 7. The van der Waals surface area contributed by atoms with Crippen molar-refractivity contribution in [3.05, 3.63) is 71.8 Å². The first kappa shape index (κ1) is 39.3. The van der Waals surface area contributed by atoms with E-state index in [2.05, 4.69) is 26.2 Å². The Morgan fingerprint density at radius 3 is 2.04 bits per heavy atom. The Morgan fingerprint density at radius 1 is 0.880 bits per heavy atom. The predicted octanol–water partition coefficient (Wildman–Crippen LogP) is 3.56. The van der Waals surface area contributed by atoms with Crippen molar-refractivity contribution in [3.63, 3.8) is 0 Å². The van der Waals surface area contributed by atoms with Gasteiger partial charge < -0.3 is 26.4 Å². The number of aliphatic hydroxyl groups is 1. The lowest BCUT2D eigenvalue weighted by molar-refractivity contribution is -0.133. The van der Waals surface area contributed by atoms with Gasteiger partial charge in [0.25, 0.3) is 0 Å². The van der Waals surface area contributed by atoms with Crippen LogP contribution in [0, 0.1) is 11.8 Å². The minimum atomic E-state index is -3.86. The maximum Gasteiger partial charge on any atom is 0.315 e. The number of carbonyl (C=O) groups is 3. The van der Waals surface area contributed by atoms with E-state index >= 15 is 0 Å². The number of benzene rings is 2. The normalized spacial score (nSPS) is 21.9. The number of piperidine rings is 1. The number of likely N-dealkylation sites (tertiary alicyclic amines) is 1. The molecule has 0 aromatic heterocycles. The van der Waals surface area contributed by atoms with Gasteiger partial charge in [-0.05, 0) is 76.8 Å². The van der Waals surface area contributed by atoms with Crippen LogP contribution in [-0.4, -0.2) is 90.1 Å². The first-order valence-corrected chi connectivity index (χ1v) is 19.7. The van der Waals surface area contributed by atoms with E-state index in [-0.39, 0.29) is 25.4 Å². The number of nitrogens with one attached hydrogen (secondary N) is 4. The molecule has 1 heterocycles. The van der Waals surface area contributed by atoms with E-state index in [0.29, 0.717) is 24.8 Å². The number of carbonyl (C=O) groups excluding carboxylic acids is 3. The van der Waals surface area contributed by atoms with E-state index in [1.807, 2.05) is 81.4 Å². The Labute approximate surface area is 298 Å². The summed E-state index contributed by atoms with van der Waals surface area (Å²) in [6.07, 6.45) is 5.35. The molecule has 3 unspecified atom stereocenters. The van der Waals surface area contributed by atoms with E-state index < -0.39 is 56.3 Å². The molecule has 1 saturated heterocycles. The highest BCUT2D eigenvalue weighted by Crippen LogP contribution is 2.39. The van der Waals surface area contributed by atoms with Crippen LogP contribution in [-0.2, 0) is 32.4 Å². The summed E-state index contributed by atoms with van der Waals surface area (Å²) in [6, 6.07) is 15.2. The topological polar surface area (TPSA) is 157 Å². The summed E-state index contributed by atoms with van der Waals surface area (Å²) in [6.45, 7) is 9.64. The van der Waals surface area contributed by atoms with Crippen molar-refractivity contribution in [1.82, 2.24) is 26.2 Å². The zero-order valence-corrected chi connectivity index (χ0v) is 31.3. The van der Waals surface area contributed by atoms with E-state index in [9.17, 15) is 27.9 Å². The molecule has 2 aromatic rings. The Bertz CT molecular complexity index is 1550. The van der Waals surface area contributed by atoms with Gasteiger partial charge in [-0.15, -0.1) is 0 Å². The number of urea groups is 1. The second kappa shape index (κ2) is 16.7. The molecule has 0 radical (unpaired) electrons. The molecule has 11 nitrogen and oxygen atoms in total. The molecule has 6 atom stereocenters. The van der Waals surface area contributed by atoms with Crippen LogP contribution in [0.2, 0.25) is 0 Å². The average molecular weight is 712 g/mol. The highest BCUT2D eigenvalue weighted by Gasteiger charge is 2.46. The van der Waals surface area contributed by atoms with Crippen molar-refractivity contribution in [2.24, 2.45) is 11.8 Å². The third kappa shape index (κ3) is 10.8. The number of hydrogen-bond donors (Lipinski definition) is 5. The van der Waals surface area contributed by atoms with Gasteiger partial charge in [0.15, 0.2) is 9.84 Å². The molecule has 1 saturated carbocycles. The van der Waals surface area contributed by atoms with Crippen LogP contribution < -0.4 is 21.3 Å². The van der Waals surface area contributed by atoms with Crippen LogP contribution in [0.4, 0.5) is 4.79 Å². The fourth-order valence-electron chi connectivity index (χ4n) is 7.14. The fourth-order valence-corrected chi connectivity index (χ4v) is 7.74. The summed E-state index contributed by atoms with van der Waals surface area (Å²) in [5.74, 6) is 0.0717. The number of nitrogens with zero attached hydrogens (tertiary/aromatic N) is 1. The minimum Gasteiger partial charge on any atom is -0.390 e. The first-order chi connectivity index (χ1) is 23.4. The molecule has 276 valence electrons. The Hall–Kier alpha value is -3.48. The molecule has 2 aromatic carbocycles. The number of amides is 4. The fraction of sp³-hybridized carbons (Fsp3) is 0.605. The van der Waals surface area contributed by atoms with Gasteiger partial charge in [-0.2, -0.15) is 0 Å². The average Bonchev–Trinajstić information content (AvgIpc) is 3.05. The summed E-state index contributed by atoms with van der Waals surface area (Å²) < 4.78 is 24.3. The van der Waals surface area contributed by atoms with E-state index in [4.69, 9.17) is 0 Å². The van der Waals surface area contributed by atoms with Gasteiger partial charge in [-0.3, -0.25) is 14.5 Å². The van der Waals surface area contributed by atoms with Crippen molar-refractivity contribution >= 4 is 27.7 Å². The first-order valence-electron chi connectivity index (χ1n) is 17.8. The summed E-state index contributed by atoms with van der Waals surface area (Å²) in [5, 5.41) is 23.3. The summed E-state index contributed by atoms with van der Waals surface area (Å²) >= 11 is 0. The lowest BCUT2D eigenvalue weighted by Gasteiger charge is -2.47. The quantitative estimate of drug-likeness (QED) is 0.213. The van der Waals surface area contributed by atoms with Gasteiger partial charge in [0.1, 0.15) is 6.04 Å². The van der Waals surface area contributed by atoms with E-state index in [1.165, 1.54) is 13.8 Å². The second-order valence-electron chi connectivity index (χ2n) is 15.7. The Kier molecular flexibility index (Phi) is 13.1. The Morgan fingerprint density at radius 2 is 1.46 bits per heavy atom. The second-order valence-corrected chi connectivity index (χ2v) is 18.3. The molecule has 4 amide bonds. The standard InChI is InChI=1S/C38H57N5O6S/c1-37(2,3)42-34(45)31-22-28-19-13-14-20-29(28)24-43(31)25-32(44)30(21-26-15-9-7-10-16-26)40-35(46)33(38(4,5)50(6,48)49)41-36(47)39-23-27-17-11-8-12-18-27/h7-12,15-18,28-33,44H,13-14,19-25H2,1-6H3,(H,40,46)(H,42,45)(H2,39,41,47)/t28-,29+,30?,31?,32?,33+/m0/s1. The third-order valence-corrected chi connectivity index (χ3v) is 12.4. The van der Waals surface area contributed by atoms with Gasteiger partial charge in [0.05, 0.1) is 22.9 Å². The van der Waals surface area contributed by atoms with Crippen LogP contribution in [0.5, 0.6) is 0 Å². The lowest BCUT2D eigenvalue weighted by Crippen LogP contribution is -2.64.